The van der Waals surface area contributed by atoms with E-state index >= 15 is 0 Å². The summed E-state index contributed by atoms with van der Waals surface area (Å²) in [6.07, 6.45) is 1.69. The average molecular weight is 332 g/mol. The smallest absolute Gasteiger partial charge is 0.135 e. The molecule has 2 aromatic rings. The summed E-state index contributed by atoms with van der Waals surface area (Å²) in [5, 5.41) is 4.17. The molecule has 1 atom stereocenters. The Morgan fingerprint density at radius 2 is 2.05 bits per heavy atom. The molecule has 0 spiro atoms. The second kappa shape index (κ2) is 7.27. The van der Waals surface area contributed by atoms with Crippen molar-refractivity contribution in [2.75, 3.05) is 18.6 Å². The van der Waals surface area contributed by atoms with Crippen molar-refractivity contribution >= 4 is 34.0 Å². The average Bonchev–Trinajstić information content (AvgIpc) is 2.86. The summed E-state index contributed by atoms with van der Waals surface area (Å²) >= 11 is 12.1. The molecule has 1 heterocycles. The van der Waals surface area contributed by atoms with Gasteiger partial charge in [0.25, 0.3) is 0 Å². The zero-order valence-corrected chi connectivity index (χ0v) is 13.3. The van der Waals surface area contributed by atoms with Crippen LogP contribution in [0, 0.1) is 0 Å². The van der Waals surface area contributed by atoms with Crippen LogP contribution >= 0.6 is 23.2 Å². The molecule has 6 heteroatoms. The molecular formula is C14H15Cl2NO2S. The lowest BCUT2D eigenvalue weighted by Gasteiger charge is -2.03. The standard InChI is InChI=1S/C14H15Cl2NO2S/c1-20(18)8-7-17-9-10-5-6-13(19-10)11-3-2-4-12(15)14(11)16/h2-6,17H,7-9H2,1H3/t20-/m0/s1. The second-order valence-corrected chi connectivity index (χ2v) is 6.66. The highest BCUT2D eigenvalue weighted by Crippen LogP contribution is 2.34. The van der Waals surface area contributed by atoms with E-state index in [2.05, 4.69) is 5.32 Å². The van der Waals surface area contributed by atoms with Gasteiger partial charge in [-0.15, -0.1) is 0 Å². The maximum Gasteiger partial charge on any atom is 0.135 e. The molecule has 0 radical (unpaired) electrons. The van der Waals surface area contributed by atoms with Crippen LogP contribution in [0.1, 0.15) is 5.76 Å². The predicted octanol–water partition coefficient (Wildman–Crippen LogP) is 3.72. The summed E-state index contributed by atoms with van der Waals surface area (Å²) in [6, 6.07) is 9.20. The fourth-order valence-corrected chi connectivity index (χ4v) is 2.56. The van der Waals surface area contributed by atoms with Gasteiger partial charge in [0.05, 0.1) is 16.6 Å². The Morgan fingerprint density at radius 3 is 2.80 bits per heavy atom. The first kappa shape index (κ1) is 15.6. The number of furan rings is 1. The summed E-state index contributed by atoms with van der Waals surface area (Å²) in [5.74, 6) is 2.12. The third-order valence-corrected chi connectivity index (χ3v) is 4.34. The minimum absolute atomic E-state index is 0.490. The second-order valence-electron chi connectivity index (χ2n) is 4.32. The molecule has 108 valence electrons. The fourth-order valence-electron chi connectivity index (χ4n) is 1.74. The minimum Gasteiger partial charge on any atom is -0.460 e. The van der Waals surface area contributed by atoms with E-state index in [9.17, 15) is 4.21 Å². The summed E-state index contributed by atoms with van der Waals surface area (Å²) in [4.78, 5) is 0. The first-order valence-corrected chi connectivity index (χ1v) is 8.60. The van der Waals surface area contributed by atoms with E-state index < -0.39 is 10.8 Å². The van der Waals surface area contributed by atoms with Gasteiger partial charge >= 0.3 is 0 Å². The molecule has 0 saturated carbocycles. The van der Waals surface area contributed by atoms with E-state index in [1.165, 1.54) is 0 Å². The Balaban J connectivity index is 2.02. The first-order valence-electron chi connectivity index (χ1n) is 6.12. The lowest BCUT2D eigenvalue weighted by molar-refractivity contribution is 0.499. The van der Waals surface area contributed by atoms with Crippen LogP contribution < -0.4 is 5.32 Å². The Kier molecular flexibility index (Phi) is 5.66. The molecule has 0 aliphatic heterocycles. The van der Waals surface area contributed by atoms with E-state index in [1.807, 2.05) is 24.3 Å². The van der Waals surface area contributed by atoms with E-state index in [0.29, 0.717) is 34.6 Å². The quantitative estimate of drug-likeness (QED) is 0.820. The molecular weight excluding hydrogens is 317 g/mol. The van der Waals surface area contributed by atoms with E-state index in [0.717, 1.165) is 11.3 Å². The van der Waals surface area contributed by atoms with E-state index in [-0.39, 0.29) is 0 Å². The highest BCUT2D eigenvalue weighted by molar-refractivity contribution is 7.84. The molecule has 0 saturated heterocycles. The van der Waals surface area contributed by atoms with Crippen molar-refractivity contribution < 1.29 is 8.63 Å². The molecule has 2 rings (SSSR count). The van der Waals surface area contributed by atoms with Gasteiger partial charge in [0.2, 0.25) is 0 Å². The van der Waals surface area contributed by atoms with Crippen LogP contribution in [0.3, 0.4) is 0 Å². The number of rotatable bonds is 6. The van der Waals surface area contributed by atoms with Gasteiger partial charge in [0.15, 0.2) is 0 Å². The summed E-state index contributed by atoms with van der Waals surface area (Å²) in [5.41, 5.74) is 0.778. The normalized spacial score (nSPS) is 12.6. The minimum atomic E-state index is -0.779. The number of halogens is 2. The zero-order chi connectivity index (χ0) is 14.5. The van der Waals surface area contributed by atoms with Gasteiger partial charge < -0.3 is 9.73 Å². The third kappa shape index (κ3) is 4.09. The number of hydrogen-bond donors (Lipinski definition) is 1. The Labute approximate surface area is 130 Å². The van der Waals surface area contributed by atoms with Crippen LogP contribution in [0.2, 0.25) is 10.0 Å². The summed E-state index contributed by atoms with van der Waals surface area (Å²) in [6.45, 7) is 1.28. The Bertz CT molecular complexity index is 613. The fraction of sp³-hybridized carbons (Fsp3) is 0.286. The van der Waals surface area contributed by atoms with Gasteiger partial charge in [-0.1, -0.05) is 29.3 Å². The van der Waals surface area contributed by atoms with Crippen molar-refractivity contribution in [3.63, 3.8) is 0 Å². The summed E-state index contributed by atoms with van der Waals surface area (Å²) < 4.78 is 16.7. The van der Waals surface area contributed by atoms with E-state index in [4.69, 9.17) is 27.6 Å². The number of benzene rings is 1. The largest absolute Gasteiger partial charge is 0.460 e. The lowest BCUT2D eigenvalue weighted by atomic mass is 10.2. The van der Waals surface area contributed by atoms with Crippen molar-refractivity contribution in [2.24, 2.45) is 0 Å². The van der Waals surface area contributed by atoms with Crippen LogP contribution in [0.5, 0.6) is 0 Å². The van der Waals surface area contributed by atoms with Crippen molar-refractivity contribution in [2.45, 2.75) is 6.54 Å². The highest BCUT2D eigenvalue weighted by Gasteiger charge is 2.10. The van der Waals surface area contributed by atoms with E-state index in [1.54, 1.807) is 12.3 Å². The predicted molar refractivity (Wildman–Crippen MR) is 84.8 cm³/mol. The van der Waals surface area contributed by atoms with Gasteiger partial charge in [-0.25, -0.2) is 0 Å². The topological polar surface area (TPSA) is 42.2 Å². The molecule has 20 heavy (non-hydrogen) atoms. The van der Waals surface area contributed by atoms with Crippen LogP contribution in [0.15, 0.2) is 34.7 Å². The number of hydrogen-bond acceptors (Lipinski definition) is 3. The molecule has 0 unspecified atom stereocenters. The van der Waals surface area contributed by atoms with Gasteiger partial charge in [0, 0.05) is 34.9 Å². The van der Waals surface area contributed by atoms with Crippen LogP contribution in [-0.2, 0) is 17.3 Å². The van der Waals surface area contributed by atoms with Crippen molar-refractivity contribution in [3.8, 4) is 11.3 Å². The first-order chi connectivity index (χ1) is 9.58. The lowest BCUT2D eigenvalue weighted by Crippen LogP contribution is -2.19. The van der Waals surface area contributed by atoms with Crippen molar-refractivity contribution in [1.82, 2.24) is 5.32 Å². The molecule has 1 aromatic heterocycles. The van der Waals surface area contributed by atoms with Crippen LogP contribution in [-0.4, -0.2) is 22.8 Å². The molecule has 0 bridgehead atoms. The van der Waals surface area contributed by atoms with Crippen LogP contribution in [0.25, 0.3) is 11.3 Å². The SMILES string of the molecule is C[S@](=O)CCNCc1ccc(-c2cccc(Cl)c2Cl)o1. The Morgan fingerprint density at radius 1 is 1.25 bits per heavy atom. The molecule has 0 amide bonds. The van der Waals surface area contributed by atoms with Crippen molar-refractivity contribution in [1.29, 1.82) is 0 Å². The third-order valence-electron chi connectivity index (χ3n) is 2.74. The molecule has 0 aliphatic carbocycles. The zero-order valence-electron chi connectivity index (χ0n) is 11.0. The summed E-state index contributed by atoms with van der Waals surface area (Å²) in [7, 11) is -0.779. The monoisotopic (exact) mass is 331 g/mol. The van der Waals surface area contributed by atoms with Crippen molar-refractivity contribution in [3.05, 3.63) is 46.1 Å². The van der Waals surface area contributed by atoms with Crippen LogP contribution in [0.4, 0.5) is 0 Å². The van der Waals surface area contributed by atoms with Gasteiger partial charge in [0.1, 0.15) is 11.5 Å². The van der Waals surface area contributed by atoms with Gasteiger partial charge in [-0.05, 0) is 24.3 Å². The Hall–Kier alpha value is -0.810. The maximum absolute atomic E-state index is 10.9. The van der Waals surface area contributed by atoms with Gasteiger partial charge in [-0.3, -0.25) is 4.21 Å². The maximum atomic E-state index is 10.9. The molecule has 1 N–H and O–H groups in total. The molecule has 1 aromatic carbocycles. The molecule has 0 fully saturated rings. The van der Waals surface area contributed by atoms with Gasteiger partial charge in [-0.2, -0.15) is 0 Å². The highest BCUT2D eigenvalue weighted by atomic mass is 35.5. The molecule has 3 nitrogen and oxygen atoms in total. The number of nitrogens with one attached hydrogen (secondary N) is 1. The molecule has 0 aliphatic rings.